The van der Waals surface area contributed by atoms with E-state index in [4.69, 9.17) is 4.74 Å². The quantitative estimate of drug-likeness (QED) is 0.826. The maximum atomic E-state index is 12.4. The van der Waals surface area contributed by atoms with Gasteiger partial charge in [-0.3, -0.25) is 14.8 Å². The van der Waals surface area contributed by atoms with Crippen LogP contribution in [0.2, 0.25) is 0 Å². The van der Waals surface area contributed by atoms with Gasteiger partial charge in [0.15, 0.2) is 5.82 Å². The normalized spacial score (nSPS) is 20.0. The molecule has 0 saturated carbocycles. The van der Waals surface area contributed by atoms with Crippen molar-refractivity contribution in [1.29, 1.82) is 0 Å². The number of aryl methyl sites for hydroxylation is 1. The molecule has 1 fully saturated rings. The summed E-state index contributed by atoms with van der Waals surface area (Å²) in [6.45, 7) is 6.46. The Hall–Kier alpha value is -1.77. The Morgan fingerprint density at radius 1 is 1.62 bits per heavy atom. The minimum atomic E-state index is -0.207. The van der Waals surface area contributed by atoms with Gasteiger partial charge in [-0.15, -0.1) is 11.3 Å². The van der Waals surface area contributed by atoms with Gasteiger partial charge in [0.25, 0.3) is 0 Å². The summed E-state index contributed by atoms with van der Waals surface area (Å²) in [5.41, 5.74) is 0. The topological polar surface area (TPSA) is 83.1 Å². The van der Waals surface area contributed by atoms with Crippen molar-refractivity contribution >= 4 is 17.2 Å². The average Bonchev–Trinajstić information content (AvgIpc) is 3.30. The number of carbonyl (C=O) groups excluding carboxylic acids is 1. The van der Waals surface area contributed by atoms with Crippen LogP contribution < -0.4 is 5.32 Å². The number of hydrogen-bond donors (Lipinski definition) is 2. The minimum absolute atomic E-state index is 0.0354. The molecule has 1 aliphatic rings. The van der Waals surface area contributed by atoms with Crippen molar-refractivity contribution < 1.29 is 9.53 Å². The molecule has 3 rings (SSSR count). The maximum Gasteiger partial charge on any atom is 0.237 e. The summed E-state index contributed by atoms with van der Waals surface area (Å²) in [4.78, 5) is 20.1. The predicted molar refractivity (Wildman–Crippen MR) is 91.7 cm³/mol. The highest BCUT2D eigenvalue weighted by atomic mass is 32.1. The second-order valence-electron chi connectivity index (χ2n) is 5.82. The van der Waals surface area contributed by atoms with Gasteiger partial charge in [-0.25, -0.2) is 4.98 Å². The number of ether oxygens (including phenoxy) is 1. The summed E-state index contributed by atoms with van der Waals surface area (Å²) >= 11 is 1.65. The monoisotopic (exact) mass is 349 g/mol. The van der Waals surface area contributed by atoms with Crippen LogP contribution in [0.25, 0.3) is 0 Å². The number of amides is 1. The number of rotatable bonds is 6. The van der Waals surface area contributed by atoms with Crippen molar-refractivity contribution in [3.05, 3.63) is 34.0 Å². The summed E-state index contributed by atoms with van der Waals surface area (Å²) in [5, 5.41) is 12.2. The van der Waals surface area contributed by atoms with Crippen molar-refractivity contribution in [2.24, 2.45) is 0 Å². The van der Waals surface area contributed by atoms with Gasteiger partial charge in [0.2, 0.25) is 5.91 Å². The highest BCUT2D eigenvalue weighted by Gasteiger charge is 2.30. The number of nitrogens with one attached hydrogen (secondary N) is 2. The van der Waals surface area contributed by atoms with E-state index in [1.54, 1.807) is 11.3 Å². The summed E-state index contributed by atoms with van der Waals surface area (Å²) in [6.07, 6.45) is 0.619. The second-order valence-corrected chi connectivity index (χ2v) is 6.85. The first-order chi connectivity index (χ1) is 11.7. The van der Waals surface area contributed by atoms with Crippen LogP contribution in [0.1, 0.15) is 36.5 Å². The second kappa shape index (κ2) is 7.87. The summed E-state index contributed by atoms with van der Waals surface area (Å²) < 4.78 is 5.78. The Morgan fingerprint density at radius 2 is 2.50 bits per heavy atom. The first-order valence-electron chi connectivity index (χ1n) is 8.24. The smallest absolute Gasteiger partial charge is 0.237 e. The lowest BCUT2D eigenvalue weighted by atomic mass is 10.2. The molecule has 1 aliphatic heterocycles. The Labute approximate surface area is 145 Å². The number of H-pyrrole nitrogens is 1. The van der Waals surface area contributed by atoms with Gasteiger partial charge in [0.1, 0.15) is 11.9 Å². The van der Waals surface area contributed by atoms with Crippen LogP contribution in [0.5, 0.6) is 0 Å². The molecule has 0 aromatic carbocycles. The lowest BCUT2D eigenvalue weighted by Crippen LogP contribution is -2.50. The number of aromatic nitrogens is 3. The molecule has 3 heterocycles. The molecule has 7 nitrogen and oxygen atoms in total. The fraction of sp³-hybridized carbons (Fsp3) is 0.562. The lowest BCUT2D eigenvalue weighted by molar-refractivity contribution is -0.129. The van der Waals surface area contributed by atoms with E-state index in [2.05, 4.69) is 25.4 Å². The van der Waals surface area contributed by atoms with Gasteiger partial charge in [-0.05, 0) is 18.4 Å². The molecule has 8 heteroatoms. The Bertz CT molecular complexity index is 657. The van der Waals surface area contributed by atoms with Crippen LogP contribution in [0.4, 0.5) is 0 Å². The lowest BCUT2D eigenvalue weighted by Gasteiger charge is -2.35. The zero-order valence-corrected chi connectivity index (χ0v) is 14.8. The van der Waals surface area contributed by atoms with Gasteiger partial charge in [0, 0.05) is 24.4 Å². The van der Waals surface area contributed by atoms with Crippen molar-refractivity contribution in [3.8, 4) is 0 Å². The number of aromatic amines is 1. The molecule has 0 aliphatic carbocycles. The molecular weight excluding hydrogens is 326 g/mol. The molecule has 0 unspecified atom stereocenters. The summed E-state index contributed by atoms with van der Waals surface area (Å²) in [5.74, 6) is 1.56. The Balaban J connectivity index is 1.55. The number of carbonyl (C=O) groups is 1. The number of hydrogen-bond acceptors (Lipinski definition) is 6. The fourth-order valence-electron chi connectivity index (χ4n) is 2.69. The molecule has 0 radical (unpaired) electrons. The van der Waals surface area contributed by atoms with E-state index in [-0.39, 0.29) is 18.1 Å². The van der Waals surface area contributed by atoms with Gasteiger partial charge in [-0.1, -0.05) is 13.0 Å². The number of thiophene rings is 1. The molecular formula is C16H23N5O2S. The van der Waals surface area contributed by atoms with E-state index in [1.165, 1.54) is 0 Å². The predicted octanol–water partition coefficient (Wildman–Crippen LogP) is 1.51. The third kappa shape index (κ3) is 4.00. The maximum absolute atomic E-state index is 12.4. The first kappa shape index (κ1) is 17.1. The van der Waals surface area contributed by atoms with E-state index in [9.17, 15) is 4.79 Å². The average molecular weight is 349 g/mol. The standard InChI is InChI=1S/C16H23N5O2S/c1-3-14-18-15(20-19-14)13-10-21(6-7-23-13)11(2)16(22)17-9-12-5-4-8-24-12/h4-5,8,11,13H,3,6-7,9-10H2,1-2H3,(H,17,22)(H,18,19,20)/t11-,13+/m0/s1. The van der Waals surface area contributed by atoms with Crippen LogP contribution in [-0.2, 0) is 22.5 Å². The Kier molecular flexibility index (Phi) is 5.60. The van der Waals surface area contributed by atoms with E-state index in [1.807, 2.05) is 31.4 Å². The van der Waals surface area contributed by atoms with Crippen molar-refractivity contribution in [2.75, 3.05) is 19.7 Å². The van der Waals surface area contributed by atoms with Gasteiger partial charge in [-0.2, -0.15) is 5.10 Å². The van der Waals surface area contributed by atoms with Crippen LogP contribution in [0.15, 0.2) is 17.5 Å². The summed E-state index contributed by atoms with van der Waals surface area (Å²) in [7, 11) is 0. The molecule has 2 aromatic heterocycles. The molecule has 0 spiro atoms. The highest BCUT2D eigenvalue weighted by molar-refractivity contribution is 7.09. The van der Waals surface area contributed by atoms with Gasteiger partial charge in [0.05, 0.1) is 19.2 Å². The van der Waals surface area contributed by atoms with Crippen LogP contribution >= 0.6 is 11.3 Å². The molecule has 2 atom stereocenters. The van der Waals surface area contributed by atoms with E-state index in [0.717, 1.165) is 23.7 Å². The first-order valence-corrected chi connectivity index (χ1v) is 9.12. The molecule has 1 saturated heterocycles. The van der Waals surface area contributed by atoms with E-state index >= 15 is 0 Å². The van der Waals surface area contributed by atoms with Crippen LogP contribution in [-0.4, -0.2) is 51.7 Å². The third-order valence-electron chi connectivity index (χ3n) is 4.21. The van der Waals surface area contributed by atoms with Gasteiger partial charge >= 0.3 is 0 Å². The third-order valence-corrected chi connectivity index (χ3v) is 5.09. The minimum Gasteiger partial charge on any atom is -0.367 e. The molecule has 24 heavy (non-hydrogen) atoms. The molecule has 1 amide bonds. The molecule has 2 aromatic rings. The number of nitrogens with zero attached hydrogens (tertiary/aromatic N) is 3. The molecule has 0 bridgehead atoms. The van der Waals surface area contributed by atoms with Crippen molar-refractivity contribution in [2.45, 2.75) is 39.0 Å². The van der Waals surface area contributed by atoms with E-state index in [0.29, 0.717) is 25.5 Å². The zero-order chi connectivity index (χ0) is 16.9. The van der Waals surface area contributed by atoms with Crippen LogP contribution in [0.3, 0.4) is 0 Å². The van der Waals surface area contributed by atoms with Crippen molar-refractivity contribution in [1.82, 2.24) is 25.4 Å². The summed E-state index contributed by atoms with van der Waals surface area (Å²) in [6, 6.07) is 3.80. The highest BCUT2D eigenvalue weighted by Crippen LogP contribution is 2.21. The van der Waals surface area contributed by atoms with Gasteiger partial charge < -0.3 is 10.1 Å². The molecule has 2 N–H and O–H groups in total. The zero-order valence-electron chi connectivity index (χ0n) is 14.0. The fourth-order valence-corrected chi connectivity index (χ4v) is 3.33. The molecule has 130 valence electrons. The SMILES string of the molecule is CCc1nc([C@H]2CN([C@@H](C)C(=O)NCc3cccs3)CCO2)n[nH]1. The van der Waals surface area contributed by atoms with E-state index < -0.39 is 0 Å². The largest absolute Gasteiger partial charge is 0.367 e. The van der Waals surface area contributed by atoms with Crippen molar-refractivity contribution in [3.63, 3.8) is 0 Å². The Morgan fingerprint density at radius 3 is 3.21 bits per heavy atom. The van der Waals surface area contributed by atoms with Crippen LogP contribution in [0, 0.1) is 0 Å². The number of morpholine rings is 1.